The topological polar surface area (TPSA) is 41.5 Å². The SMILES string of the molecule is C/C(=N/NC(=O)c1ccc(CSc2ccc(Cl)cc2)cc1)C(C)C. The Labute approximate surface area is 152 Å². The van der Waals surface area contributed by atoms with Gasteiger partial charge in [0.15, 0.2) is 0 Å². The van der Waals surface area contributed by atoms with Crippen LogP contribution in [0.3, 0.4) is 0 Å². The van der Waals surface area contributed by atoms with E-state index >= 15 is 0 Å². The molecule has 1 amide bonds. The molecule has 2 aromatic rings. The maximum atomic E-state index is 12.1. The van der Waals surface area contributed by atoms with Gasteiger partial charge in [0.1, 0.15) is 0 Å². The van der Waals surface area contributed by atoms with Gasteiger partial charge in [-0.1, -0.05) is 37.6 Å². The van der Waals surface area contributed by atoms with Crippen LogP contribution in [0.2, 0.25) is 5.02 Å². The van der Waals surface area contributed by atoms with E-state index in [2.05, 4.69) is 10.5 Å². The average molecular weight is 361 g/mol. The maximum Gasteiger partial charge on any atom is 0.271 e. The van der Waals surface area contributed by atoms with Crippen LogP contribution in [0.5, 0.6) is 0 Å². The van der Waals surface area contributed by atoms with Crippen molar-refractivity contribution >= 4 is 35.0 Å². The lowest BCUT2D eigenvalue weighted by atomic mass is 10.1. The fourth-order valence-corrected chi connectivity index (χ4v) is 2.76. The summed E-state index contributed by atoms with van der Waals surface area (Å²) < 4.78 is 0. The van der Waals surface area contributed by atoms with Gasteiger partial charge in [-0.3, -0.25) is 4.79 Å². The summed E-state index contributed by atoms with van der Waals surface area (Å²) in [7, 11) is 0. The van der Waals surface area contributed by atoms with Gasteiger partial charge in [0.2, 0.25) is 0 Å². The number of hydrazone groups is 1. The molecule has 0 atom stereocenters. The summed E-state index contributed by atoms with van der Waals surface area (Å²) in [6.07, 6.45) is 0. The van der Waals surface area contributed by atoms with Gasteiger partial charge in [-0.2, -0.15) is 5.10 Å². The van der Waals surface area contributed by atoms with E-state index in [1.807, 2.05) is 69.3 Å². The molecular weight excluding hydrogens is 340 g/mol. The maximum absolute atomic E-state index is 12.1. The van der Waals surface area contributed by atoms with Gasteiger partial charge in [-0.15, -0.1) is 11.8 Å². The summed E-state index contributed by atoms with van der Waals surface area (Å²) in [6.45, 7) is 5.98. The van der Waals surface area contributed by atoms with Crippen LogP contribution in [0.25, 0.3) is 0 Å². The minimum absolute atomic E-state index is 0.188. The monoisotopic (exact) mass is 360 g/mol. The van der Waals surface area contributed by atoms with Crippen LogP contribution in [-0.2, 0) is 5.75 Å². The van der Waals surface area contributed by atoms with Gasteiger partial charge in [0.05, 0.1) is 0 Å². The predicted molar refractivity (Wildman–Crippen MR) is 103 cm³/mol. The number of hydrogen-bond donors (Lipinski definition) is 1. The molecular formula is C19H21ClN2OS. The molecule has 0 aliphatic carbocycles. The van der Waals surface area contributed by atoms with Gasteiger partial charge in [0.25, 0.3) is 5.91 Å². The molecule has 0 unspecified atom stereocenters. The van der Waals surface area contributed by atoms with Crippen molar-refractivity contribution in [2.45, 2.75) is 31.4 Å². The minimum atomic E-state index is -0.188. The smallest absolute Gasteiger partial charge is 0.267 e. The number of rotatable bonds is 6. The summed E-state index contributed by atoms with van der Waals surface area (Å²) in [5.74, 6) is 0.971. The number of carbonyl (C=O) groups is 1. The lowest BCUT2D eigenvalue weighted by molar-refractivity contribution is 0.0954. The molecule has 2 rings (SSSR count). The molecule has 3 nitrogen and oxygen atoms in total. The second-order valence-electron chi connectivity index (χ2n) is 5.79. The molecule has 0 bridgehead atoms. The first kappa shape index (κ1) is 18.6. The summed E-state index contributed by atoms with van der Waals surface area (Å²) >= 11 is 7.61. The second-order valence-corrected chi connectivity index (χ2v) is 7.27. The van der Waals surface area contributed by atoms with Crippen molar-refractivity contribution in [2.75, 3.05) is 0 Å². The Kier molecular flexibility index (Phi) is 6.88. The quantitative estimate of drug-likeness (QED) is 0.426. The average Bonchev–Trinajstić information content (AvgIpc) is 2.59. The highest BCUT2D eigenvalue weighted by molar-refractivity contribution is 7.98. The lowest BCUT2D eigenvalue weighted by Gasteiger charge is -2.06. The van der Waals surface area contributed by atoms with E-state index in [0.717, 1.165) is 22.1 Å². The molecule has 24 heavy (non-hydrogen) atoms. The minimum Gasteiger partial charge on any atom is -0.267 e. The van der Waals surface area contributed by atoms with Crippen LogP contribution in [0.4, 0.5) is 0 Å². The number of hydrogen-bond acceptors (Lipinski definition) is 3. The lowest BCUT2D eigenvalue weighted by Crippen LogP contribution is -2.20. The predicted octanol–water partition coefficient (Wildman–Crippen LogP) is 5.39. The molecule has 0 aromatic heterocycles. The first-order valence-electron chi connectivity index (χ1n) is 7.77. The van der Waals surface area contributed by atoms with Crippen molar-refractivity contribution in [1.29, 1.82) is 0 Å². The number of benzene rings is 2. The van der Waals surface area contributed by atoms with Gasteiger partial charge < -0.3 is 0 Å². The van der Waals surface area contributed by atoms with Crippen LogP contribution in [0.1, 0.15) is 36.7 Å². The molecule has 0 saturated carbocycles. The highest BCUT2D eigenvalue weighted by Gasteiger charge is 2.06. The molecule has 0 aliphatic heterocycles. The number of thioether (sulfide) groups is 1. The Morgan fingerprint density at radius 2 is 1.75 bits per heavy atom. The van der Waals surface area contributed by atoms with Crippen molar-refractivity contribution in [3.8, 4) is 0 Å². The first-order valence-corrected chi connectivity index (χ1v) is 9.14. The normalized spacial score (nSPS) is 11.6. The number of amides is 1. The highest BCUT2D eigenvalue weighted by atomic mass is 35.5. The van der Waals surface area contributed by atoms with Crippen LogP contribution in [0, 0.1) is 5.92 Å². The molecule has 0 fully saturated rings. The fourth-order valence-electron chi connectivity index (χ4n) is 1.78. The summed E-state index contributed by atoms with van der Waals surface area (Å²) in [6, 6.07) is 15.4. The molecule has 0 aliphatic rings. The Hall–Kier alpha value is -1.78. The van der Waals surface area contributed by atoms with Gasteiger partial charge in [0, 0.05) is 26.9 Å². The van der Waals surface area contributed by atoms with E-state index in [1.54, 1.807) is 11.8 Å². The molecule has 5 heteroatoms. The van der Waals surface area contributed by atoms with E-state index in [9.17, 15) is 4.79 Å². The Balaban J connectivity index is 1.91. The number of nitrogens with zero attached hydrogens (tertiary/aromatic N) is 1. The highest BCUT2D eigenvalue weighted by Crippen LogP contribution is 2.24. The van der Waals surface area contributed by atoms with Gasteiger partial charge >= 0.3 is 0 Å². The van der Waals surface area contributed by atoms with Crippen LogP contribution in [0.15, 0.2) is 58.5 Å². The van der Waals surface area contributed by atoms with Gasteiger partial charge in [-0.05, 0) is 54.8 Å². The standard InChI is InChI=1S/C19H21ClN2OS/c1-13(2)14(3)21-22-19(23)16-6-4-15(5-7-16)12-24-18-10-8-17(20)9-11-18/h4-11,13H,12H2,1-3H3,(H,22,23)/b21-14-. The molecule has 0 saturated heterocycles. The number of halogens is 1. The summed E-state index contributed by atoms with van der Waals surface area (Å²) in [5, 5.41) is 4.85. The van der Waals surface area contributed by atoms with E-state index in [0.29, 0.717) is 11.5 Å². The fraction of sp³-hybridized carbons (Fsp3) is 0.263. The first-order chi connectivity index (χ1) is 11.5. The van der Waals surface area contributed by atoms with Gasteiger partial charge in [-0.25, -0.2) is 5.43 Å². The summed E-state index contributed by atoms with van der Waals surface area (Å²) in [5.41, 5.74) is 5.26. The van der Waals surface area contributed by atoms with Crippen molar-refractivity contribution in [3.63, 3.8) is 0 Å². The molecule has 0 spiro atoms. The molecule has 0 heterocycles. The second kappa shape index (κ2) is 8.90. The van der Waals surface area contributed by atoms with Crippen molar-refractivity contribution < 1.29 is 4.79 Å². The molecule has 2 aromatic carbocycles. The van der Waals surface area contributed by atoms with E-state index in [4.69, 9.17) is 11.6 Å². The van der Waals surface area contributed by atoms with Crippen molar-refractivity contribution in [2.24, 2.45) is 11.0 Å². The van der Waals surface area contributed by atoms with Crippen LogP contribution >= 0.6 is 23.4 Å². The third-order valence-electron chi connectivity index (χ3n) is 3.60. The molecule has 126 valence electrons. The van der Waals surface area contributed by atoms with E-state index < -0.39 is 0 Å². The Morgan fingerprint density at radius 1 is 1.12 bits per heavy atom. The zero-order valence-corrected chi connectivity index (χ0v) is 15.6. The van der Waals surface area contributed by atoms with Crippen molar-refractivity contribution in [1.82, 2.24) is 5.43 Å². The summed E-state index contributed by atoms with van der Waals surface area (Å²) in [4.78, 5) is 13.2. The van der Waals surface area contributed by atoms with Crippen LogP contribution < -0.4 is 5.43 Å². The van der Waals surface area contributed by atoms with Crippen LogP contribution in [-0.4, -0.2) is 11.6 Å². The third-order valence-corrected chi connectivity index (χ3v) is 4.94. The number of carbonyl (C=O) groups excluding carboxylic acids is 1. The number of nitrogens with one attached hydrogen (secondary N) is 1. The largest absolute Gasteiger partial charge is 0.271 e. The third kappa shape index (κ3) is 5.69. The molecule has 1 N–H and O–H groups in total. The zero-order valence-electron chi connectivity index (χ0n) is 14.0. The van der Waals surface area contributed by atoms with E-state index in [1.165, 1.54) is 4.90 Å². The van der Waals surface area contributed by atoms with Crippen molar-refractivity contribution in [3.05, 3.63) is 64.7 Å². The zero-order chi connectivity index (χ0) is 17.5. The Bertz CT molecular complexity index is 709. The van der Waals surface area contributed by atoms with E-state index in [-0.39, 0.29) is 5.91 Å². The molecule has 0 radical (unpaired) electrons. The Morgan fingerprint density at radius 3 is 2.33 bits per heavy atom.